The summed E-state index contributed by atoms with van der Waals surface area (Å²) in [5, 5.41) is 26.1. The number of aromatic amines is 1. The Morgan fingerprint density at radius 2 is 1.73 bits per heavy atom. The number of H-pyrrole nitrogens is 1. The summed E-state index contributed by atoms with van der Waals surface area (Å²) in [6.45, 7) is 8.52. The van der Waals surface area contributed by atoms with Crippen LogP contribution < -0.4 is 5.32 Å². The summed E-state index contributed by atoms with van der Waals surface area (Å²) in [5.74, 6) is 0.454. The number of carbonyl (C=O) groups is 2. The van der Waals surface area contributed by atoms with Crippen molar-refractivity contribution < 1.29 is 19.8 Å². The summed E-state index contributed by atoms with van der Waals surface area (Å²) >= 11 is 0. The monoisotopic (exact) mass is 511 g/mol. The SMILES string of the molecule is CC(C)C[C@H](O)[C@H](O)[C@H](CC1CCCCC1)NC(=O)[C@H](CC(C)C)N1Cc2c([nH]c3ccccc23)C1=O. The second kappa shape index (κ2) is 12.0. The molecule has 1 saturated carbocycles. The molecule has 1 aromatic carbocycles. The number of aliphatic hydroxyl groups is 2. The number of nitrogens with one attached hydrogen (secondary N) is 2. The third-order valence-corrected chi connectivity index (χ3v) is 8.15. The van der Waals surface area contributed by atoms with Crippen LogP contribution in [-0.4, -0.2) is 56.2 Å². The van der Waals surface area contributed by atoms with Gasteiger partial charge in [-0.25, -0.2) is 0 Å². The Morgan fingerprint density at radius 3 is 2.41 bits per heavy atom. The fourth-order valence-corrected chi connectivity index (χ4v) is 6.24. The fourth-order valence-electron chi connectivity index (χ4n) is 6.24. The molecule has 0 unspecified atom stereocenters. The molecule has 1 fully saturated rings. The number of hydrogen-bond acceptors (Lipinski definition) is 4. The molecule has 4 atom stereocenters. The van der Waals surface area contributed by atoms with Crippen molar-refractivity contribution in [2.45, 2.75) is 110 Å². The number of amides is 2. The number of nitrogens with zero attached hydrogens (tertiary/aromatic N) is 1. The number of aromatic nitrogens is 1. The van der Waals surface area contributed by atoms with E-state index in [-0.39, 0.29) is 23.7 Å². The number of carbonyl (C=O) groups excluding carboxylic acids is 2. The highest BCUT2D eigenvalue weighted by Crippen LogP contribution is 2.33. The van der Waals surface area contributed by atoms with Gasteiger partial charge in [0.15, 0.2) is 0 Å². The average Bonchev–Trinajstić information content (AvgIpc) is 3.38. The third kappa shape index (κ3) is 6.37. The van der Waals surface area contributed by atoms with Crippen LogP contribution in [0.15, 0.2) is 24.3 Å². The Bertz CT molecular complexity index is 1070. The van der Waals surface area contributed by atoms with Crippen molar-refractivity contribution in [1.29, 1.82) is 0 Å². The van der Waals surface area contributed by atoms with Crippen LogP contribution >= 0.6 is 0 Å². The predicted molar refractivity (Wildman–Crippen MR) is 146 cm³/mol. The highest BCUT2D eigenvalue weighted by atomic mass is 16.3. The molecule has 2 heterocycles. The normalized spacial score (nSPS) is 19.9. The van der Waals surface area contributed by atoms with Gasteiger partial charge in [0, 0.05) is 23.0 Å². The maximum atomic E-state index is 13.8. The molecule has 0 bridgehead atoms. The summed E-state index contributed by atoms with van der Waals surface area (Å²) in [6.07, 6.45) is 5.43. The first-order chi connectivity index (χ1) is 17.7. The molecule has 1 aliphatic carbocycles. The van der Waals surface area contributed by atoms with Crippen LogP contribution in [0.3, 0.4) is 0 Å². The quantitative estimate of drug-likeness (QED) is 0.349. The highest BCUT2D eigenvalue weighted by Gasteiger charge is 2.40. The zero-order valence-electron chi connectivity index (χ0n) is 22.9. The van der Waals surface area contributed by atoms with Crippen molar-refractivity contribution in [3.63, 3.8) is 0 Å². The number of hydrogen-bond donors (Lipinski definition) is 4. The predicted octanol–water partition coefficient (Wildman–Crippen LogP) is 4.76. The Balaban J connectivity index is 1.55. The van der Waals surface area contributed by atoms with Gasteiger partial charge in [0.2, 0.25) is 5.91 Å². The van der Waals surface area contributed by atoms with Crippen LogP contribution in [0, 0.1) is 17.8 Å². The number of para-hydroxylation sites is 1. The molecule has 204 valence electrons. The first-order valence-corrected chi connectivity index (χ1v) is 14.2. The minimum absolute atomic E-state index is 0.156. The molecule has 0 spiro atoms. The average molecular weight is 512 g/mol. The van der Waals surface area contributed by atoms with Crippen LogP contribution in [0.25, 0.3) is 10.9 Å². The summed E-state index contributed by atoms with van der Waals surface area (Å²) in [7, 11) is 0. The zero-order chi connectivity index (χ0) is 26.7. The van der Waals surface area contributed by atoms with E-state index < -0.39 is 24.3 Å². The first kappa shape index (κ1) is 27.6. The van der Waals surface area contributed by atoms with Crippen molar-refractivity contribution in [2.24, 2.45) is 17.8 Å². The number of rotatable bonds is 11. The number of fused-ring (bicyclic) bond motifs is 3. The van der Waals surface area contributed by atoms with Gasteiger partial charge >= 0.3 is 0 Å². The molecule has 0 saturated heterocycles. The van der Waals surface area contributed by atoms with Crippen LogP contribution in [0.1, 0.15) is 95.1 Å². The molecule has 0 radical (unpaired) electrons. The Morgan fingerprint density at radius 1 is 1.05 bits per heavy atom. The fraction of sp³-hybridized carbons (Fsp3) is 0.667. The van der Waals surface area contributed by atoms with E-state index in [2.05, 4.69) is 24.1 Å². The van der Waals surface area contributed by atoms with Gasteiger partial charge in [0.25, 0.3) is 5.91 Å². The van der Waals surface area contributed by atoms with Crippen molar-refractivity contribution >= 4 is 22.7 Å². The van der Waals surface area contributed by atoms with E-state index in [1.807, 2.05) is 38.1 Å². The van der Waals surface area contributed by atoms with Gasteiger partial charge in [-0.3, -0.25) is 9.59 Å². The minimum atomic E-state index is -1.04. The van der Waals surface area contributed by atoms with Gasteiger partial charge in [-0.15, -0.1) is 0 Å². The number of benzene rings is 1. The van der Waals surface area contributed by atoms with E-state index in [1.54, 1.807) is 4.90 Å². The first-order valence-electron chi connectivity index (χ1n) is 14.2. The summed E-state index contributed by atoms with van der Waals surface area (Å²) < 4.78 is 0. The van der Waals surface area contributed by atoms with Crippen LogP contribution in [0.5, 0.6) is 0 Å². The van der Waals surface area contributed by atoms with E-state index in [9.17, 15) is 19.8 Å². The highest BCUT2D eigenvalue weighted by molar-refractivity contribution is 6.05. The molecular formula is C30H45N3O4. The summed E-state index contributed by atoms with van der Waals surface area (Å²) in [5.41, 5.74) is 2.43. The molecule has 2 aromatic rings. The molecule has 1 aromatic heterocycles. The minimum Gasteiger partial charge on any atom is -0.390 e. The molecule has 2 aliphatic rings. The van der Waals surface area contributed by atoms with E-state index >= 15 is 0 Å². The van der Waals surface area contributed by atoms with Gasteiger partial charge in [-0.1, -0.05) is 78.0 Å². The zero-order valence-corrected chi connectivity index (χ0v) is 22.9. The Hall–Kier alpha value is -2.38. The van der Waals surface area contributed by atoms with Crippen LogP contribution in [0.4, 0.5) is 0 Å². The Kier molecular flexibility index (Phi) is 8.96. The topological polar surface area (TPSA) is 106 Å². The summed E-state index contributed by atoms with van der Waals surface area (Å²) in [6, 6.07) is 6.68. The van der Waals surface area contributed by atoms with E-state index in [1.165, 1.54) is 19.3 Å². The van der Waals surface area contributed by atoms with E-state index in [4.69, 9.17) is 0 Å². The molecule has 7 heteroatoms. The lowest BCUT2D eigenvalue weighted by atomic mass is 9.82. The lowest BCUT2D eigenvalue weighted by Crippen LogP contribution is -2.55. The van der Waals surface area contributed by atoms with Gasteiger partial charge in [0.1, 0.15) is 17.8 Å². The van der Waals surface area contributed by atoms with Gasteiger partial charge < -0.3 is 25.4 Å². The second-order valence-electron chi connectivity index (χ2n) is 12.1. The molecule has 2 amide bonds. The lowest BCUT2D eigenvalue weighted by Gasteiger charge is -2.35. The molecule has 1 aliphatic heterocycles. The molecule has 4 rings (SSSR count). The van der Waals surface area contributed by atoms with Crippen LogP contribution in [0.2, 0.25) is 0 Å². The van der Waals surface area contributed by atoms with Crippen LogP contribution in [-0.2, 0) is 11.3 Å². The van der Waals surface area contributed by atoms with Gasteiger partial charge in [-0.05, 0) is 43.1 Å². The second-order valence-corrected chi connectivity index (χ2v) is 12.1. The Labute approximate surface area is 221 Å². The van der Waals surface area contributed by atoms with E-state index in [0.717, 1.165) is 29.3 Å². The smallest absolute Gasteiger partial charge is 0.271 e. The van der Waals surface area contributed by atoms with Crippen molar-refractivity contribution in [1.82, 2.24) is 15.2 Å². The lowest BCUT2D eigenvalue weighted by molar-refractivity contribution is -0.129. The number of aliphatic hydroxyl groups excluding tert-OH is 2. The summed E-state index contributed by atoms with van der Waals surface area (Å²) in [4.78, 5) is 32.3. The molecule has 37 heavy (non-hydrogen) atoms. The van der Waals surface area contributed by atoms with Crippen molar-refractivity contribution in [2.75, 3.05) is 0 Å². The molecular weight excluding hydrogens is 466 g/mol. The van der Waals surface area contributed by atoms with Gasteiger partial charge in [0.05, 0.1) is 12.1 Å². The van der Waals surface area contributed by atoms with Gasteiger partial charge in [-0.2, -0.15) is 0 Å². The van der Waals surface area contributed by atoms with E-state index in [0.29, 0.717) is 37.4 Å². The third-order valence-electron chi connectivity index (χ3n) is 8.15. The molecule has 4 N–H and O–H groups in total. The standard InChI is InChI=1S/C30H45N3O4/c1-18(2)14-25(33-17-22-21-12-8-9-13-23(21)31-27(22)30(33)37)29(36)32-24(16-20-10-6-5-7-11-20)28(35)26(34)15-19(3)4/h8-9,12-13,18-20,24-26,28,31,34-35H,5-7,10-11,14-17H2,1-4H3,(H,32,36)/t24-,25-,26-,28+/m0/s1. The maximum Gasteiger partial charge on any atom is 0.271 e. The van der Waals surface area contributed by atoms with Crippen molar-refractivity contribution in [3.8, 4) is 0 Å². The molecule has 7 nitrogen and oxygen atoms in total. The van der Waals surface area contributed by atoms with Crippen molar-refractivity contribution in [3.05, 3.63) is 35.5 Å². The maximum absolute atomic E-state index is 13.8. The largest absolute Gasteiger partial charge is 0.390 e.